The zero-order valence-electron chi connectivity index (χ0n) is 21.3. The molecule has 2 nitrogen and oxygen atoms in total. The Hall–Kier alpha value is -1.58. The van der Waals surface area contributed by atoms with Crippen LogP contribution in [0.1, 0.15) is 109 Å². The van der Waals surface area contributed by atoms with E-state index in [9.17, 15) is 8.78 Å². The molecule has 3 aliphatic rings. The quantitative estimate of drug-likeness (QED) is 0.333. The minimum atomic E-state index is -0.825. The van der Waals surface area contributed by atoms with Gasteiger partial charge < -0.3 is 9.47 Å². The normalized spacial score (nSPS) is 29.9. The second-order valence-electron chi connectivity index (χ2n) is 10.9. The fourth-order valence-corrected chi connectivity index (χ4v) is 6.79. The van der Waals surface area contributed by atoms with Crippen LogP contribution in [0.15, 0.2) is 24.0 Å². The van der Waals surface area contributed by atoms with Crippen molar-refractivity contribution in [2.75, 3.05) is 13.2 Å². The van der Waals surface area contributed by atoms with Crippen LogP contribution in [0.5, 0.6) is 5.75 Å². The Bertz CT molecular complexity index is 804. The van der Waals surface area contributed by atoms with Gasteiger partial charge in [0.15, 0.2) is 11.6 Å². The Morgan fingerprint density at radius 3 is 2.06 bits per heavy atom. The number of ether oxygens (including phenoxy) is 2. The summed E-state index contributed by atoms with van der Waals surface area (Å²) < 4.78 is 40.3. The maximum atomic E-state index is 14.7. The van der Waals surface area contributed by atoms with Crippen LogP contribution in [0.2, 0.25) is 0 Å². The Labute approximate surface area is 205 Å². The lowest BCUT2D eigenvalue weighted by molar-refractivity contribution is 0.0711. The van der Waals surface area contributed by atoms with E-state index in [1.807, 2.05) is 0 Å². The molecule has 190 valence electrons. The van der Waals surface area contributed by atoms with Gasteiger partial charge in [-0.3, -0.25) is 0 Å². The zero-order chi connectivity index (χ0) is 23.9. The van der Waals surface area contributed by atoms with Crippen molar-refractivity contribution in [3.63, 3.8) is 0 Å². The molecule has 4 heteroatoms. The average Bonchev–Trinajstić information content (AvgIpc) is 2.88. The van der Waals surface area contributed by atoms with E-state index in [4.69, 9.17) is 9.47 Å². The molecule has 0 radical (unpaired) electrons. The molecule has 1 aromatic rings. The standard InChI is InChI=1S/C30H44F2O2/c1-3-5-6-7-26-17-16-25(20-34-26)23-10-8-21(9-11-23)22-12-14-24(15-13-22)27-18-19-28(33-4-2)30(32)29(27)31/h17-19,21-25H,3-16,20H2,1-2H3. The van der Waals surface area contributed by atoms with Crippen LogP contribution >= 0.6 is 0 Å². The van der Waals surface area contributed by atoms with Gasteiger partial charge in [-0.05, 0) is 118 Å². The first kappa shape index (κ1) is 25.5. The van der Waals surface area contributed by atoms with Crippen LogP contribution in [-0.2, 0) is 4.74 Å². The number of unbranched alkanes of at least 4 members (excludes halogenated alkanes) is 2. The highest BCUT2D eigenvalue weighted by Crippen LogP contribution is 2.46. The molecule has 1 atom stereocenters. The number of benzene rings is 1. The third kappa shape index (κ3) is 6.15. The van der Waals surface area contributed by atoms with Crippen molar-refractivity contribution in [2.24, 2.45) is 23.7 Å². The van der Waals surface area contributed by atoms with Crippen molar-refractivity contribution in [3.05, 3.63) is 41.2 Å². The van der Waals surface area contributed by atoms with Gasteiger partial charge in [0.1, 0.15) is 0 Å². The Morgan fingerprint density at radius 1 is 0.824 bits per heavy atom. The van der Waals surface area contributed by atoms with Crippen LogP contribution in [-0.4, -0.2) is 13.2 Å². The van der Waals surface area contributed by atoms with Crippen molar-refractivity contribution >= 4 is 0 Å². The Morgan fingerprint density at radius 2 is 1.47 bits per heavy atom. The highest BCUT2D eigenvalue weighted by Gasteiger charge is 2.35. The van der Waals surface area contributed by atoms with Crippen molar-refractivity contribution in [1.82, 2.24) is 0 Å². The van der Waals surface area contributed by atoms with E-state index < -0.39 is 11.6 Å². The predicted molar refractivity (Wildman–Crippen MR) is 134 cm³/mol. The summed E-state index contributed by atoms with van der Waals surface area (Å²) in [6, 6.07) is 3.35. The summed E-state index contributed by atoms with van der Waals surface area (Å²) in [7, 11) is 0. The van der Waals surface area contributed by atoms with Crippen molar-refractivity contribution in [1.29, 1.82) is 0 Å². The first-order valence-electron chi connectivity index (χ1n) is 14.0. The Kier molecular flexibility index (Phi) is 9.31. The number of hydrogen-bond donors (Lipinski definition) is 0. The first-order valence-corrected chi connectivity index (χ1v) is 14.0. The summed E-state index contributed by atoms with van der Waals surface area (Å²) in [6.45, 7) is 5.29. The van der Waals surface area contributed by atoms with Gasteiger partial charge in [-0.1, -0.05) is 25.8 Å². The molecule has 1 aliphatic heterocycles. The number of hydrogen-bond acceptors (Lipinski definition) is 2. The Balaban J connectivity index is 1.22. The van der Waals surface area contributed by atoms with Gasteiger partial charge in [-0.2, -0.15) is 4.39 Å². The van der Waals surface area contributed by atoms with E-state index in [1.54, 1.807) is 19.1 Å². The minimum Gasteiger partial charge on any atom is -0.498 e. The number of allylic oxidation sites excluding steroid dienone is 2. The molecule has 2 aliphatic carbocycles. The predicted octanol–water partition coefficient (Wildman–Crippen LogP) is 8.94. The van der Waals surface area contributed by atoms with E-state index >= 15 is 0 Å². The van der Waals surface area contributed by atoms with Gasteiger partial charge in [-0.25, -0.2) is 4.39 Å². The fourth-order valence-electron chi connectivity index (χ4n) is 6.79. The van der Waals surface area contributed by atoms with Crippen molar-refractivity contribution in [2.45, 2.75) is 103 Å². The highest BCUT2D eigenvalue weighted by molar-refractivity contribution is 5.33. The molecule has 2 fully saturated rings. The average molecular weight is 475 g/mol. The summed E-state index contributed by atoms with van der Waals surface area (Å²) in [6.07, 6.45) is 18.0. The topological polar surface area (TPSA) is 18.5 Å². The lowest BCUT2D eigenvalue weighted by atomic mass is 9.66. The molecule has 4 rings (SSSR count). The summed E-state index contributed by atoms with van der Waals surface area (Å²) in [5, 5.41) is 0. The van der Waals surface area contributed by atoms with Gasteiger partial charge in [0.2, 0.25) is 5.82 Å². The molecule has 0 aromatic heterocycles. The molecule has 0 saturated heterocycles. The van der Waals surface area contributed by atoms with Crippen LogP contribution in [0.3, 0.4) is 0 Å². The molecule has 1 unspecified atom stereocenters. The monoisotopic (exact) mass is 474 g/mol. The van der Waals surface area contributed by atoms with Gasteiger partial charge >= 0.3 is 0 Å². The van der Waals surface area contributed by atoms with E-state index in [0.29, 0.717) is 18.1 Å². The lowest BCUT2D eigenvalue weighted by Gasteiger charge is -2.40. The third-order valence-corrected chi connectivity index (χ3v) is 8.90. The molecule has 2 saturated carbocycles. The summed E-state index contributed by atoms with van der Waals surface area (Å²) >= 11 is 0. The van der Waals surface area contributed by atoms with Crippen LogP contribution in [0.4, 0.5) is 8.78 Å². The lowest BCUT2D eigenvalue weighted by Crippen LogP contribution is -2.30. The van der Waals surface area contributed by atoms with E-state index in [1.165, 1.54) is 57.1 Å². The smallest absolute Gasteiger partial charge is 0.200 e. The van der Waals surface area contributed by atoms with Gasteiger partial charge in [0, 0.05) is 6.42 Å². The highest BCUT2D eigenvalue weighted by atomic mass is 19.2. The maximum Gasteiger partial charge on any atom is 0.200 e. The van der Waals surface area contributed by atoms with Crippen LogP contribution in [0.25, 0.3) is 0 Å². The fraction of sp³-hybridized carbons (Fsp3) is 0.733. The summed E-state index contributed by atoms with van der Waals surface area (Å²) in [4.78, 5) is 0. The zero-order valence-corrected chi connectivity index (χ0v) is 21.3. The second-order valence-corrected chi connectivity index (χ2v) is 10.9. The molecule has 34 heavy (non-hydrogen) atoms. The summed E-state index contributed by atoms with van der Waals surface area (Å²) in [5.74, 6) is 2.94. The SMILES string of the molecule is CCCCCC1=CCC(C2CCC(C3CCC(c4ccc(OCC)c(F)c4F)CC3)CC2)CO1. The largest absolute Gasteiger partial charge is 0.498 e. The van der Waals surface area contributed by atoms with Gasteiger partial charge in [0.05, 0.1) is 19.0 Å². The second kappa shape index (κ2) is 12.4. The minimum absolute atomic E-state index is 0.0285. The van der Waals surface area contributed by atoms with Gasteiger partial charge in [-0.15, -0.1) is 0 Å². The maximum absolute atomic E-state index is 14.7. The van der Waals surface area contributed by atoms with E-state index in [-0.39, 0.29) is 11.7 Å². The number of rotatable bonds is 9. The molecule has 1 heterocycles. The molecule has 1 aromatic carbocycles. The molecular formula is C30H44F2O2. The molecule has 0 bridgehead atoms. The van der Waals surface area contributed by atoms with Crippen molar-refractivity contribution in [3.8, 4) is 5.75 Å². The third-order valence-electron chi connectivity index (χ3n) is 8.90. The van der Waals surface area contributed by atoms with E-state index in [0.717, 1.165) is 56.5 Å². The molecule has 0 spiro atoms. The number of halogens is 2. The van der Waals surface area contributed by atoms with Gasteiger partial charge in [0.25, 0.3) is 0 Å². The summed E-state index contributed by atoms with van der Waals surface area (Å²) in [5.41, 5.74) is 0.544. The van der Waals surface area contributed by atoms with Crippen LogP contribution in [0, 0.1) is 35.3 Å². The van der Waals surface area contributed by atoms with Crippen molar-refractivity contribution < 1.29 is 18.3 Å². The molecule has 0 amide bonds. The van der Waals surface area contributed by atoms with E-state index in [2.05, 4.69) is 13.0 Å². The molecule has 0 N–H and O–H groups in total. The van der Waals surface area contributed by atoms with Crippen LogP contribution < -0.4 is 4.74 Å². The molecular weight excluding hydrogens is 430 g/mol. The first-order chi connectivity index (χ1) is 16.6.